The van der Waals surface area contributed by atoms with Gasteiger partial charge in [0.15, 0.2) is 0 Å². The van der Waals surface area contributed by atoms with E-state index in [1.807, 2.05) is 44.2 Å². The number of nitrogens with one attached hydrogen (secondary N) is 2. The fourth-order valence-electron chi connectivity index (χ4n) is 3.35. The van der Waals surface area contributed by atoms with E-state index in [1.54, 1.807) is 6.07 Å². The predicted octanol–water partition coefficient (Wildman–Crippen LogP) is 2.89. The summed E-state index contributed by atoms with van der Waals surface area (Å²) >= 11 is 0. The summed E-state index contributed by atoms with van der Waals surface area (Å²) in [5.41, 5.74) is 0.987. The highest BCUT2D eigenvalue weighted by Crippen LogP contribution is 2.30. The summed E-state index contributed by atoms with van der Waals surface area (Å²) in [6, 6.07) is 12.7. The second-order valence-corrected chi connectivity index (χ2v) is 8.81. The van der Waals surface area contributed by atoms with Gasteiger partial charge in [0.25, 0.3) is 0 Å². The lowest BCUT2D eigenvalue weighted by molar-refractivity contribution is 0.232. The summed E-state index contributed by atoms with van der Waals surface area (Å²) in [5.74, 6) is 0.668. The van der Waals surface area contributed by atoms with Crippen LogP contribution in [-0.2, 0) is 10.0 Å². The van der Waals surface area contributed by atoms with Gasteiger partial charge in [0, 0.05) is 12.1 Å². The van der Waals surface area contributed by atoms with Crippen molar-refractivity contribution in [3.63, 3.8) is 0 Å². The van der Waals surface area contributed by atoms with E-state index in [0.29, 0.717) is 5.88 Å². The Morgan fingerprint density at radius 3 is 2.41 bits per heavy atom. The molecule has 1 aliphatic heterocycles. The maximum absolute atomic E-state index is 13.0. The van der Waals surface area contributed by atoms with Gasteiger partial charge in [-0.05, 0) is 57.3 Å². The summed E-state index contributed by atoms with van der Waals surface area (Å²) in [6.07, 6.45) is 3.20. The van der Waals surface area contributed by atoms with Gasteiger partial charge in [-0.25, -0.2) is 18.1 Å². The highest BCUT2D eigenvalue weighted by molar-refractivity contribution is 7.89. The van der Waals surface area contributed by atoms with Crippen molar-refractivity contribution < 1.29 is 13.2 Å². The number of hydrogen-bond acceptors (Lipinski definition) is 5. The molecule has 0 saturated carbocycles. The van der Waals surface area contributed by atoms with Gasteiger partial charge < -0.3 is 10.1 Å². The van der Waals surface area contributed by atoms with Crippen LogP contribution in [0.3, 0.4) is 0 Å². The highest BCUT2D eigenvalue weighted by atomic mass is 32.2. The van der Waals surface area contributed by atoms with Crippen LogP contribution in [0.2, 0.25) is 0 Å². The molecule has 7 heteroatoms. The molecule has 1 atom stereocenters. The van der Waals surface area contributed by atoms with Crippen molar-refractivity contribution in [3.05, 3.63) is 54.2 Å². The van der Waals surface area contributed by atoms with Crippen LogP contribution in [0.4, 0.5) is 0 Å². The third kappa shape index (κ3) is 5.28. The van der Waals surface area contributed by atoms with Crippen molar-refractivity contribution in [1.29, 1.82) is 0 Å². The van der Waals surface area contributed by atoms with Gasteiger partial charge in [0.2, 0.25) is 15.9 Å². The van der Waals surface area contributed by atoms with Crippen LogP contribution in [-0.4, -0.2) is 32.6 Å². The average Bonchev–Trinajstić information content (AvgIpc) is 2.67. The molecule has 1 unspecified atom stereocenters. The lowest BCUT2D eigenvalue weighted by Crippen LogP contribution is -2.38. The molecule has 6 nitrogen and oxygen atoms in total. The zero-order valence-electron chi connectivity index (χ0n) is 15.8. The van der Waals surface area contributed by atoms with E-state index in [2.05, 4.69) is 15.0 Å². The fourth-order valence-corrected chi connectivity index (χ4v) is 4.58. The standard InChI is InChI=1S/C20H27N3O3S/c1-15(2)26-19-9-8-18(14-22-19)27(24,25)23-20(16-6-4-3-5-7-16)17-10-12-21-13-11-17/h3-9,14-15,17,20-21,23H,10-13H2,1-2H3. The molecule has 1 aromatic heterocycles. The van der Waals surface area contributed by atoms with E-state index in [-0.39, 0.29) is 23.0 Å². The first-order chi connectivity index (χ1) is 13.0. The van der Waals surface area contributed by atoms with Gasteiger partial charge in [-0.15, -0.1) is 0 Å². The van der Waals surface area contributed by atoms with Gasteiger partial charge in [0.1, 0.15) is 4.90 Å². The molecule has 0 bridgehead atoms. The normalized spacial score (nSPS) is 17.0. The molecular formula is C20H27N3O3S. The summed E-state index contributed by atoms with van der Waals surface area (Å²) < 4.78 is 34.4. The quantitative estimate of drug-likeness (QED) is 0.761. The van der Waals surface area contributed by atoms with Gasteiger partial charge >= 0.3 is 0 Å². The van der Waals surface area contributed by atoms with E-state index in [4.69, 9.17) is 4.74 Å². The Bertz CT molecular complexity index is 817. The number of hydrogen-bond donors (Lipinski definition) is 2. The van der Waals surface area contributed by atoms with Gasteiger partial charge in [-0.1, -0.05) is 30.3 Å². The number of rotatable bonds is 7. The molecule has 0 aliphatic carbocycles. The first-order valence-corrected chi connectivity index (χ1v) is 10.8. The van der Waals surface area contributed by atoms with Crippen molar-refractivity contribution in [2.45, 2.75) is 43.7 Å². The number of sulfonamides is 1. The third-order valence-corrected chi connectivity index (χ3v) is 6.10. The molecule has 27 heavy (non-hydrogen) atoms. The van der Waals surface area contributed by atoms with Crippen LogP contribution in [0.15, 0.2) is 53.6 Å². The minimum atomic E-state index is -3.69. The Morgan fingerprint density at radius 1 is 1.11 bits per heavy atom. The number of nitrogens with zero attached hydrogens (tertiary/aromatic N) is 1. The smallest absolute Gasteiger partial charge is 0.242 e. The molecule has 0 radical (unpaired) electrons. The molecular weight excluding hydrogens is 362 g/mol. The second-order valence-electron chi connectivity index (χ2n) is 7.10. The maximum Gasteiger partial charge on any atom is 0.242 e. The zero-order valence-corrected chi connectivity index (χ0v) is 16.6. The number of ether oxygens (including phenoxy) is 1. The lowest BCUT2D eigenvalue weighted by Gasteiger charge is -2.31. The SMILES string of the molecule is CC(C)Oc1ccc(S(=O)(=O)NC(c2ccccc2)C2CCNCC2)cn1. The maximum atomic E-state index is 13.0. The Kier molecular flexibility index (Phi) is 6.46. The lowest BCUT2D eigenvalue weighted by atomic mass is 9.87. The van der Waals surface area contributed by atoms with E-state index >= 15 is 0 Å². The number of pyridine rings is 1. The molecule has 146 valence electrons. The largest absolute Gasteiger partial charge is 0.475 e. The predicted molar refractivity (Wildman–Crippen MR) is 105 cm³/mol. The van der Waals surface area contributed by atoms with Crippen molar-refractivity contribution in [1.82, 2.24) is 15.0 Å². The fraction of sp³-hybridized carbons (Fsp3) is 0.450. The Morgan fingerprint density at radius 2 is 1.81 bits per heavy atom. The monoisotopic (exact) mass is 389 g/mol. The number of aromatic nitrogens is 1. The van der Waals surface area contributed by atoms with E-state index in [1.165, 1.54) is 12.3 Å². The average molecular weight is 390 g/mol. The Hall–Kier alpha value is -1.96. The van der Waals surface area contributed by atoms with Crippen molar-refractivity contribution >= 4 is 10.0 Å². The number of benzene rings is 1. The summed E-state index contributed by atoms with van der Waals surface area (Å²) in [7, 11) is -3.69. The molecule has 2 N–H and O–H groups in total. The first kappa shape index (κ1) is 19.8. The minimum Gasteiger partial charge on any atom is -0.475 e. The second kappa shape index (κ2) is 8.82. The molecule has 1 aliphatic rings. The van der Waals surface area contributed by atoms with Crippen LogP contribution in [0.5, 0.6) is 5.88 Å². The Balaban J connectivity index is 1.83. The van der Waals surface area contributed by atoms with Crippen LogP contribution in [0.1, 0.15) is 38.3 Å². The molecule has 2 aromatic rings. The van der Waals surface area contributed by atoms with Gasteiger partial charge in [-0.3, -0.25) is 0 Å². The van der Waals surface area contributed by atoms with E-state index in [9.17, 15) is 8.42 Å². The molecule has 1 fully saturated rings. The molecule has 0 spiro atoms. The van der Waals surface area contributed by atoms with Crippen LogP contribution >= 0.6 is 0 Å². The van der Waals surface area contributed by atoms with Crippen molar-refractivity contribution in [2.24, 2.45) is 5.92 Å². The Labute approximate surface area is 161 Å². The van der Waals surface area contributed by atoms with Crippen molar-refractivity contribution in [3.8, 4) is 5.88 Å². The van der Waals surface area contributed by atoms with Crippen LogP contribution in [0.25, 0.3) is 0 Å². The summed E-state index contributed by atoms with van der Waals surface area (Å²) in [4.78, 5) is 4.27. The zero-order chi connectivity index (χ0) is 19.3. The van der Waals surface area contributed by atoms with Crippen LogP contribution < -0.4 is 14.8 Å². The van der Waals surface area contributed by atoms with Gasteiger partial charge in [-0.2, -0.15) is 0 Å². The molecule has 0 amide bonds. The highest BCUT2D eigenvalue weighted by Gasteiger charge is 2.29. The van der Waals surface area contributed by atoms with Crippen molar-refractivity contribution in [2.75, 3.05) is 13.1 Å². The third-order valence-electron chi connectivity index (χ3n) is 4.67. The van der Waals surface area contributed by atoms with E-state index in [0.717, 1.165) is 31.5 Å². The molecule has 1 saturated heterocycles. The first-order valence-electron chi connectivity index (χ1n) is 9.36. The number of piperidine rings is 1. The summed E-state index contributed by atoms with van der Waals surface area (Å²) in [6.45, 7) is 5.60. The van der Waals surface area contributed by atoms with Gasteiger partial charge in [0.05, 0.1) is 12.3 Å². The van der Waals surface area contributed by atoms with Crippen LogP contribution in [0, 0.1) is 5.92 Å². The summed E-state index contributed by atoms with van der Waals surface area (Å²) in [5, 5.41) is 3.34. The molecule has 2 heterocycles. The molecule has 1 aromatic carbocycles. The molecule has 3 rings (SSSR count). The topological polar surface area (TPSA) is 80.3 Å². The van der Waals surface area contributed by atoms with E-state index < -0.39 is 10.0 Å². The minimum absolute atomic E-state index is 0.0135.